The topological polar surface area (TPSA) is 257 Å². The van der Waals surface area contributed by atoms with Gasteiger partial charge in [0.05, 0.1) is 31.7 Å². The highest BCUT2D eigenvalue weighted by Crippen LogP contribution is 2.52. The first kappa shape index (κ1) is 27.6. The molecule has 0 radical (unpaired) electrons. The summed E-state index contributed by atoms with van der Waals surface area (Å²) in [6, 6.07) is 0. The van der Waals surface area contributed by atoms with E-state index in [4.69, 9.17) is 28.8 Å². The number of halogens is 1. The van der Waals surface area contributed by atoms with Crippen LogP contribution in [0.4, 0.5) is 10.3 Å². The minimum Gasteiger partial charge on any atom is -0.385 e. The van der Waals surface area contributed by atoms with Crippen LogP contribution in [0, 0.1) is 5.92 Å². The summed E-state index contributed by atoms with van der Waals surface area (Å²) in [7, 11) is -5.38. The molecule has 3 saturated heterocycles. The number of nitrogens with two attached hydrogens (primary N) is 1. The molecule has 3 fully saturated rings. The van der Waals surface area contributed by atoms with E-state index in [1.54, 1.807) is 0 Å². The average Bonchev–Trinajstić information content (AvgIpc) is 3.69. The maximum Gasteiger partial charge on any atom is 0.472 e. The Morgan fingerprint density at radius 1 is 1.10 bits per heavy atom. The predicted octanol–water partition coefficient (Wildman–Crippen LogP) is -0.972. The smallest absolute Gasteiger partial charge is 0.385 e. The van der Waals surface area contributed by atoms with Gasteiger partial charge in [-0.3, -0.25) is 32.8 Å². The van der Waals surface area contributed by atoms with Crippen LogP contribution >= 0.6 is 16.6 Å². The number of nitrogen functional groups attached to an aromatic ring is 1. The van der Waals surface area contributed by atoms with Gasteiger partial charge in [-0.05, 0) is 6.16 Å². The first-order chi connectivity index (χ1) is 20.1. The van der Waals surface area contributed by atoms with Crippen LogP contribution in [-0.4, -0.2) is 92.6 Å². The predicted molar refractivity (Wildman–Crippen MR) is 138 cm³/mol. The van der Waals surface area contributed by atoms with Gasteiger partial charge in [0.2, 0.25) is 5.95 Å². The molecule has 0 spiro atoms. The SMILES string of the molecule is Nc1nc2c(ncn2[C@@H]2OC3OPC[C@H]4[C@H](F)[C@H](n5cnc6c(=O)[nH]cnc65)O[C@@H]4COP(=O)(O)O[C@@H]2[C@@H]3O)c(=O)[nH]1. The monoisotopic (exact) mass is 629 g/mol. The number of H-pyrrole nitrogens is 2. The number of aromatic nitrogens is 8. The van der Waals surface area contributed by atoms with Crippen LogP contribution in [0.5, 0.6) is 0 Å². The van der Waals surface area contributed by atoms with Gasteiger partial charge < -0.3 is 34.7 Å². The lowest BCUT2D eigenvalue weighted by Gasteiger charge is -2.26. The number of rotatable bonds is 2. The Kier molecular flexibility index (Phi) is 6.72. The van der Waals surface area contributed by atoms with Gasteiger partial charge in [-0.1, -0.05) is 0 Å². The van der Waals surface area contributed by atoms with Crippen molar-refractivity contribution in [1.82, 2.24) is 39.0 Å². The van der Waals surface area contributed by atoms with Gasteiger partial charge in [-0.25, -0.2) is 23.9 Å². The Hall–Kier alpha value is -3.19. The number of nitrogens with one attached hydrogen (secondary N) is 2. The molecular formula is C20H22FN9O10P2. The van der Waals surface area contributed by atoms with Crippen LogP contribution < -0.4 is 16.9 Å². The lowest BCUT2D eigenvalue weighted by molar-refractivity contribution is -0.119. The van der Waals surface area contributed by atoms with Crippen LogP contribution in [0.1, 0.15) is 12.5 Å². The Labute approximate surface area is 233 Å². The third kappa shape index (κ3) is 4.55. The van der Waals surface area contributed by atoms with Gasteiger partial charge in [0, 0.05) is 14.7 Å². The van der Waals surface area contributed by atoms with Crippen molar-refractivity contribution in [2.24, 2.45) is 5.92 Å². The standard InChI is InChI=1S/C20H22FN9O10P2/c21-8-6-2-41-39-19-11(31)12(18(38-19)30-5-26-10-14(30)27-20(22)28-16(10)33)40-42(34,35)36-1-7(6)37-17(8)29-4-25-9-13(29)23-3-24-15(9)32/h3-8,11-12,17-19,31,41H,1-2H2,(H,34,35)(H,23,24,32)(H3,22,27,28,33)/t6-,7-,8+,11+,12-,17-,18-,19?/m1/s1. The number of aromatic amines is 2. The molecular weight excluding hydrogens is 607 g/mol. The maximum absolute atomic E-state index is 15.9. The molecule has 3 unspecified atom stereocenters. The summed E-state index contributed by atoms with van der Waals surface area (Å²) in [6.07, 6.45) is -6.35. The lowest BCUT2D eigenvalue weighted by Crippen LogP contribution is -2.35. The van der Waals surface area contributed by atoms with Crippen LogP contribution in [0.3, 0.4) is 0 Å². The molecule has 0 aliphatic carbocycles. The number of hydrogen-bond donors (Lipinski definition) is 5. The summed E-state index contributed by atoms with van der Waals surface area (Å²) >= 11 is 0. The fraction of sp³-hybridized carbons (Fsp3) is 0.500. The van der Waals surface area contributed by atoms with Crippen LogP contribution in [0.15, 0.2) is 28.6 Å². The summed E-state index contributed by atoms with van der Waals surface area (Å²) in [6.45, 7) is -0.570. The number of hydrogen-bond acceptors (Lipinski definition) is 14. The van der Waals surface area contributed by atoms with Crippen molar-refractivity contribution in [2.75, 3.05) is 18.5 Å². The van der Waals surface area contributed by atoms with E-state index in [2.05, 4.69) is 29.9 Å². The summed E-state index contributed by atoms with van der Waals surface area (Å²) in [5.74, 6) is -1.13. The molecule has 42 heavy (non-hydrogen) atoms. The van der Waals surface area contributed by atoms with E-state index < -0.39 is 83.5 Å². The van der Waals surface area contributed by atoms with E-state index in [0.717, 1.165) is 6.33 Å². The number of aliphatic hydroxyl groups is 1. The van der Waals surface area contributed by atoms with Gasteiger partial charge >= 0.3 is 7.82 Å². The van der Waals surface area contributed by atoms with Crippen LogP contribution in [-0.2, 0) is 27.6 Å². The Bertz CT molecular complexity index is 1830. The van der Waals surface area contributed by atoms with Crippen molar-refractivity contribution >= 4 is 44.9 Å². The molecule has 10 atom stereocenters. The van der Waals surface area contributed by atoms with E-state index in [0.29, 0.717) is 0 Å². The second-order valence-electron chi connectivity index (χ2n) is 9.69. The van der Waals surface area contributed by atoms with Gasteiger partial charge in [-0.15, -0.1) is 0 Å². The number of alkyl halides is 1. The number of imidazole rings is 2. The highest BCUT2D eigenvalue weighted by molar-refractivity contribution is 7.47. The third-order valence-corrected chi connectivity index (χ3v) is 9.21. The molecule has 3 aliphatic heterocycles. The minimum atomic E-state index is -4.95. The molecule has 4 aromatic heterocycles. The zero-order chi connectivity index (χ0) is 29.3. The fourth-order valence-corrected chi connectivity index (χ4v) is 7.28. The van der Waals surface area contributed by atoms with E-state index in [1.165, 1.54) is 21.8 Å². The van der Waals surface area contributed by atoms with Crippen molar-refractivity contribution in [1.29, 1.82) is 0 Å². The number of nitrogens with zero attached hydrogens (tertiary/aromatic N) is 6. The second kappa shape index (κ2) is 10.2. The van der Waals surface area contributed by atoms with Gasteiger partial charge in [0.25, 0.3) is 11.1 Å². The minimum absolute atomic E-state index is 0.0150. The normalized spacial score (nSPS) is 36.3. The first-order valence-corrected chi connectivity index (χ1v) is 15.0. The molecule has 224 valence electrons. The summed E-state index contributed by atoms with van der Waals surface area (Å²) < 4.78 is 59.4. The Morgan fingerprint density at radius 2 is 1.83 bits per heavy atom. The summed E-state index contributed by atoms with van der Waals surface area (Å²) in [5, 5.41) is 11.0. The molecule has 0 amide bonds. The van der Waals surface area contributed by atoms with E-state index >= 15 is 4.39 Å². The Balaban J connectivity index is 1.17. The molecule has 4 aromatic rings. The van der Waals surface area contributed by atoms with E-state index in [-0.39, 0.29) is 34.4 Å². The van der Waals surface area contributed by atoms with Crippen molar-refractivity contribution in [3.63, 3.8) is 0 Å². The largest absolute Gasteiger partial charge is 0.472 e. The molecule has 3 aliphatic rings. The maximum atomic E-state index is 15.9. The zero-order valence-electron chi connectivity index (χ0n) is 21.0. The number of anilines is 1. The molecule has 0 saturated carbocycles. The van der Waals surface area contributed by atoms with Crippen molar-refractivity contribution < 1.29 is 42.0 Å². The highest BCUT2D eigenvalue weighted by Gasteiger charge is 2.52. The van der Waals surface area contributed by atoms with Crippen molar-refractivity contribution in [3.05, 3.63) is 39.7 Å². The summed E-state index contributed by atoms with van der Waals surface area (Å²) in [4.78, 5) is 55.7. The summed E-state index contributed by atoms with van der Waals surface area (Å²) in [5.41, 5.74) is 4.43. The van der Waals surface area contributed by atoms with E-state index in [9.17, 15) is 24.2 Å². The van der Waals surface area contributed by atoms with Gasteiger partial charge in [0.1, 0.15) is 12.2 Å². The number of fused-ring (bicyclic) bond motifs is 5. The molecule has 22 heteroatoms. The number of aliphatic hydroxyl groups excluding tert-OH is 1. The number of phosphoric acid groups is 1. The Morgan fingerprint density at radius 3 is 2.62 bits per heavy atom. The van der Waals surface area contributed by atoms with Gasteiger partial charge in [-0.2, -0.15) is 4.98 Å². The fourth-order valence-electron chi connectivity index (χ4n) is 5.21. The molecule has 0 aromatic carbocycles. The highest BCUT2D eigenvalue weighted by atomic mass is 31.2. The molecule has 2 bridgehead atoms. The van der Waals surface area contributed by atoms with Crippen molar-refractivity contribution in [2.45, 2.75) is 43.2 Å². The van der Waals surface area contributed by atoms with E-state index in [1.807, 2.05) is 0 Å². The number of phosphoric ester groups is 1. The zero-order valence-corrected chi connectivity index (χ0v) is 22.9. The van der Waals surface area contributed by atoms with Crippen LogP contribution in [0.2, 0.25) is 0 Å². The lowest BCUT2D eigenvalue weighted by atomic mass is 10.0. The third-order valence-electron chi connectivity index (χ3n) is 7.18. The molecule has 19 nitrogen and oxygen atoms in total. The second-order valence-corrected chi connectivity index (χ2v) is 12.0. The quantitative estimate of drug-likeness (QED) is 0.167. The van der Waals surface area contributed by atoms with Crippen molar-refractivity contribution in [3.8, 4) is 0 Å². The average molecular weight is 629 g/mol. The molecule has 7 heterocycles. The van der Waals surface area contributed by atoms with Gasteiger partial charge in [0.15, 0.2) is 47.2 Å². The number of ether oxygens (including phenoxy) is 2. The molecule has 7 rings (SSSR count). The van der Waals surface area contributed by atoms with Crippen LogP contribution in [0.25, 0.3) is 22.3 Å². The molecule has 6 N–H and O–H groups in total. The first-order valence-electron chi connectivity index (χ1n) is 12.4.